The van der Waals surface area contributed by atoms with Crippen LogP contribution in [-0.4, -0.2) is 27.1 Å². The van der Waals surface area contributed by atoms with E-state index < -0.39 is 10.0 Å². The molecule has 0 aromatic heterocycles. The van der Waals surface area contributed by atoms with Gasteiger partial charge in [-0.15, -0.1) is 0 Å². The predicted octanol–water partition coefficient (Wildman–Crippen LogP) is 3.18. The van der Waals surface area contributed by atoms with E-state index in [2.05, 4.69) is 5.32 Å². The van der Waals surface area contributed by atoms with Crippen LogP contribution in [0.2, 0.25) is 0 Å². The van der Waals surface area contributed by atoms with Crippen LogP contribution >= 0.6 is 0 Å². The van der Waals surface area contributed by atoms with Crippen molar-refractivity contribution in [1.29, 1.82) is 0 Å². The Morgan fingerprint density at radius 1 is 1.19 bits per heavy atom. The van der Waals surface area contributed by atoms with Gasteiger partial charge >= 0.3 is 0 Å². The van der Waals surface area contributed by atoms with Gasteiger partial charge in [-0.25, -0.2) is 12.8 Å². The summed E-state index contributed by atoms with van der Waals surface area (Å²) in [5, 5.41) is 3.02. The largest absolute Gasteiger partial charge is 0.349 e. The molecule has 2 aromatic carbocycles. The van der Waals surface area contributed by atoms with Gasteiger partial charge in [-0.2, -0.15) is 0 Å². The van der Waals surface area contributed by atoms with Crippen molar-refractivity contribution in [3.63, 3.8) is 0 Å². The molecule has 144 valence electrons. The van der Waals surface area contributed by atoms with Crippen molar-refractivity contribution in [2.24, 2.45) is 0 Å². The summed E-state index contributed by atoms with van der Waals surface area (Å²) in [6.07, 6.45) is 3.47. The number of nitrogens with zero attached hydrogens (tertiary/aromatic N) is 1. The first kappa shape index (κ1) is 19.4. The van der Waals surface area contributed by atoms with Crippen LogP contribution in [0.3, 0.4) is 0 Å². The number of rotatable bonds is 6. The second-order valence-electron chi connectivity index (χ2n) is 6.78. The highest BCUT2D eigenvalue weighted by Gasteiger charge is 2.30. The van der Waals surface area contributed by atoms with Crippen molar-refractivity contribution in [3.8, 4) is 0 Å². The number of carbonyl (C=O) groups is 1. The second-order valence-corrected chi connectivity index (χ2v) is 8.69. The standard InChI is InChI=1S/C20H23FN2O3S/c1-27(25,26)23-14-13-18(17-6-2-3-7-19(17)23)22-20(24)8-4-5-15-9-11-16(21)12-10-15/h2-3,6-7,9-12,18H,4-5,8,13-14H2,1H3,(H,22,24). The first-order valence-corrected chi connectivity index (χ1v) is 10.8. The van der Waals surface area contributed by atoms with Gasteiger partial charge in [0, 0.05) is 13.0 Å². The Kier molecular flexibility index (Phi) is 5.79. The van der Waals surface area contributed by atoms with Crippen molar-refractivity contribution in [2.45, 2.75) is 31.7 Å². The lowest BCUT2D eigenvalue weighted by atomic mass is 9.97. The minimum absolute atomic E-state index is 0.0651. The van der Waals surface area contributed by atoms with E-state index in [0.717, 1.165) is 11.1 Å². The molecule has 0 fully saturated rings. The van der Waals surface area contributed by atoms with Gasteiger partial charge in [0.2, 0.25) is 15.9 Å². The summed E-state index contributed by atoms with van der Waals surface area (Å²) in [7, 11) is -3.35. The van der Waals surface area contributed by atoms with Crippen molar-refractivity contribution >= 4 is 21.6 Å². The summed E-state index contributed by atoms with van der Waals surface area (Å²) in [4.78, 5) is 12.3. The molecule has 0 saturated heterocycles. The molecule has 3 rings (SSSR count). The molecule has 1 amide bonds. The number of sulfonamides is 1. The molecule has 0 spiro atoms. The van der Waals surface area contributed by atoms with E-state index in [-0.39, 0.29) is 17.8 Å². The lowest BCUT2D eigenvalue weighted by Gasteiger charge is -2.34. The molecule has 0 bridgehead atoms. The van der Waals surface area contributed by atoms with Gasteiger partial charge < -0.3 is 5.32 Å². The minimum Gasteiger partial charge on any atom is -0.349 e. The number of nitrogens with one attached hydrogen (secondary N) is 1. The molecular weight excluding hydrogens is 367 g/mol. The number of anilines is 1. The lowest BCUT2D eigenvalue weighted by Crippen LogP contribution is -2.40. The Balaban J connectivity index is 1.60. The zero-order chi connectivity index (χ0) is 19.4. The van der Waals surface area contributed by atoms with Crippen molar-refractivity contribution in [3.05, 3.63) is 65.5 Å². The number of hydrogen-bond acceptors (Lipinski definition) is 3. The number of halogens is 1. The highest BCUT2D eigenvalue weighted by molar-refractivity contribution is 7.92. The zero-order valence-electron chi connectivity index (χ0n) is 15.2. The van der Waals surface area contributed by atoms with Crippen LogP contribution in [0.1, 0.15) is 36.4 Å². The number of fused-ring (bicyclic) bond motifs is 1. The van der Waals surface area contributed by atoms with Crippen LogP contribution in [0.15, 0.2) is 48.5 Å². The fourth-order valence-corrected chi connectivity index (χ4v) is 4.36. The monoisotopic (exact) mass is 390 g/mol. The average Bonchev–Trinajstić information content (AvgIpc) is 2.62. The fourth-order valence-electron chi connectivity index (χ4n) is 3.40. The van der Waals surface area contributed by atoms with E-state index in [4.69, 9.17) is 0 Å². The topological polar surface area (TPSA) is 66.5 Å². The molecule has 0 aliphatic carbocycles. The summed E-state index contributed by atoms with van der Waals surface area (Å²) < 4.78 is 38.3. The molecule has 1 atom stereocenters. The second kappa shape index (κ2) is 8.08. The highest BCUT2D eigenvalue weighted by Crippen LogP contribution is 2.35. The summed E-state index contributed by atoms with van der Waals surface area (Å²) in [6.45, 7) is 0.344. The summed E-state index contributed by atoms with van der Waals surface area (Å²) >= 11 is 0. The van der Waals surface area contributed by atoms with Crippen LogP contribution in [0.4, 0.5) is 10.1 Å². The third kappa shape index (κ3) is 4.86. The van der Waals surface area contributed by atoms with Gasteiger partial charge in [0.15, 0.2) is 0 Å². The molecule has 1 heterocycles. The zero-order valence-corrected chi connectivity index (χ0v) is 16.0. The Morgan fingerprint density at radius 3 is 2.59 bits per heavy atom. The number of benzene rings is 2. The van der Waals surface area contributed by atoms with Gasteiger partial charge in [-0.1, -0.05) is 30.3 Å². The molecule has 5 nitrogen and oxygen atoms in total. The van der Waals surface area contributed by atoms with Crippen LogP contribution in [0.5, 0.6) is 0 Å². The first-order chi connectivity index (χ1) is 12.8. The molecule has 7 heteroatoms. The molecule has 1 aliphatic rings. The van der Waals surface area contributed by atoms with Gasteiger partial charge in [0.05, 0.1) is 18.0 Å². The number of hydrogen-bond donors (Lipinski definition) is 1. The number of amides is 1. The molecule has 1 N–H and O–H groups in total. The maximum absolute atomic E-state index is 12.9. The predicted molar refractivity (Wildman–Crippen MR) is 103 cm³/mol. The van der Waals surface area contributed by atoms with Gasteiger partial charge in [0.1, 0.15) is 5.82 Å². The maximum atomic E-state index is 12.9. The Morgan fingerprint density at radius 2 is 1.89 bits per heavy atom. The number of carbonyl (C=O) groups excluding carboxylic acids is 1. The normalized spacial score (nSPS) is 16.7. The molecular formula is C20H23FN2O3S. The molecule has 1 aliphatic heterocycles. The van der Waals surface area contributed by atoms with E-state index in [1.54, 1.807) is 24.3 Å². The van der Waals surface area contributed by atoms with Crippen LogP contribution in [-0.2, 0) is 21.2 Å². The molecule has 0 saturated carbocycles. The van der Waals surface area contributed by atoms with E-state index >= 15 is 0 Å². The van der Waals surface area contributed by atoms with Gasteiger partial charge in [-0.3, -0.25) is 9.10 Å². The summed E-state index contributed by atoms with van der Waals surface area (Å²) in [5.41, 5.74) is 2.44. The molecule has 2 aromatic rings. The van der Waals surface area contributed by atoms with E-state index in [1.165, 1.54) is 22.7 Å². The minimum atomic E-state index is -3.35. The quantitative estimate of drug-likeness (QED) is 0.824. The molecule has 1 unspecified atom stereocenters. The lowest BCUT2D eigenvalue weighted by molar-refractivity contribution is -0.122. The van der Waals surface area contributed by atoms with Crippen LogP contribution < -0.4 is 9.62 Å². The Hall–Kier alpha value is -2.41. The van der Waals surface area contributed by atoms with Crippen molar-refractivity contribution in [1.82, 2.24) is 5.32 Å². The third-order valence-corrected chi connectivity index (χ3v) is 5.90. The maximum Gasteiger partial charge on any atom is 0.232 e. The van der Waals surface area contributed by atoms with E-state index in [0.29, 0.717) is 37.9 Å². The summed E-state index contributed by atoms with van der Waals surface area (Å²) in [6, 6.07) is 13.4. The van der Waals surface area contributed by atoms with Crippen molar-refractivity contribution in [2.75, 3.05) is 17.1 Å². The molecule has 27 heavy (non-hydrogen) atoms. The van der Waals surface area contributed by atoms with E-state index in [1.807, 2.05) is 12.1 Å². The molecule has 0 radical (unpaired) electrons. The number of aryl methyl sites for hydroxylation is 1. The Labute approximate surface area is 159 Å². The smallest absolute Gasteiger partial charge is 0.232 e. The van der Waals surface area contributed by atoms with Crippen LogP contribution in [0.25, 0.3) is 0 Å². The number of para-hydroxylation sites is 1. The fraction of sp³-hybridized carbons (Fsp3) is 0.350. The highest BCUT2D eigenvalue weighted by atomic mass is 32.2. The Bertz CT molecular complexity index is 913. The average molecular weight is 390 g/mol. The third-order valence-electron chi connectivity index (χ3n) is 4.72. The first-order valence-electron chi connectivity index (χ1n) is 8.95. The van der Waals surface area contributed by atoms with Crippen molar-refractivity contribution < 1.29 is 17.6 Å². The van der Waals surface area contributed by atoms with Crippen LogP contribution in [0, 0.1) is 5.82 Å². The van der Waals surface area contributed by atoms with Gasteiger partial charge in [-0.05, 0) is 48.6 Å². The summed E-state index contributed by atoms with van der Waals surface area (Å²) in [5.74, 6) is -0.333. The van der Waals surface area contributed by atoms with E-state index in [9.17, 15) is 17.6 Å². The SMILES string of the molecule is CS(=O)(=O)N1CCC(NC(=O)CCCc2ccc(F)cc2)c2ccccc21. The van der Waals surface area contributed by atoms with Gasteiger partial charge in [0.25, 0.3) is 0 Å².